The van der Waals surface area contributed by atoms with Gasteiger partial charge in [0.25, 0.3) is 0 Å². The zero-order chi connectivity index (χ0) is 11.8. The quantitative estimate of drug-likeness (QED) is 0.568. The van der Waals surface area contributed by atoms with Crippen LogP contribution in [0.4, 0.5) is 0 Å². The van der Waals surface area contributed by atoms with E-state index in [4.69, 9.17) is 5.11 Å². The summed E-state index contributed by atoms with van der Waals surface area (Å²) in [5.74, 6) is -0.475. The Bertz CT molecular complexity index is 346. The first-order valence-corrected chi connectivity index (χ1v) is 5.35. The third kappa shape index (κ3) is 4.75. The lowest BCUT2D eigenvalue weighted by Gasteiger charge is -2.11. The van der Waals surface area contributed by atoms with Gasteiger partial charge in [-0.15, -0.1) is 0 Å². The van der Waals surface area contributed by atoms with Crippen molar-refractivity contribution in [2.45, 2.75) is 12.8 Å². The first-order valence-electron chi connectivity index (χ1n) is 5.35. The normalized spacial score (nSPS) is 12.8. The van der Waals surface area contributed by atoms with Gasteiger partial charge in [0.1, 0.15) is 0 Å². The zero-order valence-corrected chi connectivity index (χ0v) is 9.39. The third-order valence-electron chi connectivity index (χ3n) is 2.34. The Hall–Kier alpha value is -1.61. The average Bonchev–Trinajstić information content (AvgIpc) is 2.29. The molecule has 0 saturated carbocycles. The molecular weight excluding hydrogens is 202 g/mol. The molecule has 0 saturated heterocycles. The Morgan fingerprint density at radius 1 is 1.44 bits per heavy atom. The monoisotopic (exact) mass is 219 g/mol. The number of hydrogen-bond acceptors (Lipinski definition) is 2. The highest BCUT2D eigenvalue weighted by Gasteiger charge is 2.02. The Labute approximate surface area is 95.8 Å². The van der Waals surface area contributed by atoms with Crippen LogP contribution in [-0.2, 0) is 4.79 Å². The van der Waals surface area contributed by atoms with Crippen molar-refractivity contribution in [1.82, 2.24) is 5.32 Å². The van der Waals surface area contributed by atoms with Crippen LogP contribution >= 0.6 is 0 Å². The van der Waals surface area contributed by atoms with Gasteiger partial charge in [0, 0.05) is 19.2 Å². The van der Waals surface area contributed by atoms with Gasteiger partial charge in [0.2, 0.25) is 0 Å². The lowest BCUT2D eigenvalue weighted by molar-refractivity contribution is -0.131. The Balaban J connectivity index is 2.26. The molecule has 2 N–H and O–H groups in total. The van der Waals surface area contributed by atoms with Gasteiger partial charge in [0.15, 0.2) is 0 Å². The lowest BCUT2D eigenvalue weighted by Crippen LogP contribution is -2.20. The Morgan fingerprint density at radius 2 is 2.12 bits per heavy atom. The van der Waals surface area contributed by atoms with Gasteiger partial charge in [-0.25, -0.2) is 4.79 Å². The summed E-state index contributed by atoms with van der Waals surface area (Å²) in [4.78, 5) is 10.2. The maximum atomic E-state index is 10.2. The molecule has 0 spiro atoms. The number of carbonyl (C=O) groups is 1. The van der Waals surface area contributed by atoms with Crippen molar-refractivity contribution in [2.24, 2.45) is 0 Å². The smallest absolute Gasteiger partial charge is 0.328 e. The summed E-state index contributed by atoms with van der Waals surface area (Å²) in [6.45, 7) is 3.57. The first kappa shape index (κ1) is 12.5. The molecule has 1 atom stereocenters. The SMILES string of the molecule is CC(CNC/C=C/C(=O)O)c1ccccc1. The maximum Gasteiger partial charge on any atom is 0.328 e. The van der Waals surface area contributed by atoms with Crippen molar-refractivity contribution in [3.63, 3.8) is 0 Å². The van der Waals surface area contributed by atoms with Crippen molar-refractivity contribution in [3.05, 3.63) is 48.0 Å². The second-order valence-corrected chi connectivity index (χ2v) is 3.71. The van der Waals surface area contributed by atoms with Crippen LogP contribution in [0.5, 0.6) is 0 Å². The summed E-state index contributed by atoms with van der Waals surface area (Å²) in [5, 5.41) is 11.6. The molecule has 0 bridgehead atoms. The van der Waals surface area contributed by atoms with Gasteiger partial charge in [-0.1, -0.05) is 43.3 Å². The minimum atomic E-state index is -0.905. The molecule has 0 amide bonds. The molecule has 0 heterocycles. The first-order chi connectivity index (χ1) is 7.70. The third-order valence-corrected chi connectivity index (χ3v) is 2.34. The average molecular weight is 219 g/mol. The van der Waals surface area contributed by atoms with E-state index >= 15 is 0 Å². The minimum Gasteiger partial charge on any atom is -0.478 e. The van der Waals surface area contributed by atoms with E-state index in [9.17, 15) is 4.79 Å². The Kier molecular flexibility index (Phi) is 5.29. The second kappa shape index (κ2) is 6.80. The van der Waals surface area contributed by atoms with Crippen molar-refractivity contribution in [2.75, 3.05) is 13.1 Å². The van der Waals surface area contributed by atoms with Gasteiger partial charge in [-0.3, -0.25) is 0 Å². The fourth-order valence-corrected chi connectivity index (χ4v) is 1.44. The number of carboxylic acids is 1. The highest BCUT2D eigenvalue weighted by atomic mass is 16.4. The number of aliphatic carboxylic acids is 1. The summed E-state index contributed by atoms with van der Waals surface area (Å²) in [6.07, 6.45) is 2.76. The Morgan fingerprint density at radius 3 is 2.75 bits per heavy atom. The molecule has 0 aliphatic carbocycles. The van der Waals surface area contributed by atoms with Gasteiger partial charge >= 0.3 is 5.97 Å². The van der Waals surface area contributed by atoms with Crippen molar-refractivity contribution < 1.29 is 9.90 Å². The van der Waals surface area contributed by atoms with Gasteiger partial charge in [-0.2, -0.15) is 0 Å². The van der Waals surface area contributed by atoms with Gasteiger partial charge in [0.05, 0.1) is 0 Å². The molecular formula is C13H17NO2. The largest absolute Gasteiger partial charge is 0.478 e. The van der Waals surface area contributed by atoms with E-state index in [1.54, 1.807) is 6.08 Å². The van der Waals surface area contributed by atoms with Crippen LogP contribution in [0, 0.1) is 0 Å². The summed E-state index contributed by atoms with van der Waals surface area (Å²) in [5.41, 5.74) is 1.29. The summed E-state index contributed by atoms with van der Waals surface area (Å²) >= 11 is 0. The molecule has 16 heavy (non-hydrogen) atoms. The van der Waals surface area contributed by atoms with Crippen LogP contribution in [0.15, 0.2) is 42.5 Å². The molecule has 86 valence electrons. The van der Waals surface area contributed by atoms with E-state index in [0.717, 1.165) is 12.6 Å². The maximum absolute atomic E-state index is 10.2. The van der Waals surface area contributed by atoms with Crippen LogP contribution in [0.3, 0.4) is 0 Å². The predicted octanol–water partition coefficient (Wildman–Crippen LogP) is 2.02. The highest BCUT2D eigenvalue weighted by molar-refractivity contribution is 5.79. The zero-order valence-electron chi connectivity index (χ0n) is 9.39. The number of nitrogens with one attached hydrogen (secondary N) is 1. The molecule has 3 heteroatoms. The van der Waals surface area contributed by atoms with Crippen LogP contribution in [0.25, 0.3) is 0 Å². The lowest BCUT2D eigenvalue weighted by atomic mass is 10.0. The highest BCUT2D eigenvalue weighted by Crippen LogP contribution is 2.12. The van der Waals surface area contributed by atoms with Crippen LogP contribution in [-0.4, -0.2) is 24.2 Å². The fraction of sp³-hybridized carbons (Fsp3) is 0.308. The van der Waals surface area contributed by atoms with Gasteiger partial charge < -0.3 is 10.4 Å². The fourth-order valence-electron chi connectivity index (χ4n) is 1.44. The van der Waals surface area contributed by atoms with E-state index in [1.165, 1.54) is 5.56 Å². The van der Waals surface area contributed by atoms with Crippen LogP contribution in [0.1, 0.15) is 18.4 Å². The molecule has 3 nitrogen and oxygen atoms in total. The van der Waals surface area contributed by atoms with Gasteiger partial charge in [-0.05, 0) is 11.5 Å². The van der Waals surface area contributed by atoms with Crippen molar-refractivity contribution >= 4 is 5.97 Å². The van der Waals surface area contributed by atoms with E-state index in [2.05, 4.69) is 24.4 Å². The van der Waals surface area contributed by atoms with E-state index in [0.29, 0.717) is 12.5 Å². The molecule has 1 aromatic rings. The van der Waals surface area contributed by atoms with Crippen molar-refractivity contribution in [1.29, 1.82) is 0 Å². The molecule has 1 rings (SSSR count). The molecule has 0 aliphatic heterocycles. The standard InChI is InChI=1S/C13H17NO2/c1-11(12-6-3-2-4-7-12)10-14-9-5-8-13(15)16/h2-8,11,14H,9-10H2,1H3,(H,15,16)/b8-5+. The van der Waals surface area contributed by atoms with Crippen LogP contribution in [0.2, 0.25) is 0 Å². The number of benzene rings is 1. The van der Waals surface area contributed by atoms with Crippen molar-refractivity contribution in [3.8, 4) is 0 Å². The number of carboxylic acid groups (broad SMARTS) is 1. The molecule has 0 aromatic heterocycles. The molecule has 0 aliphatic rings. The topological polar surface area (TPSA) is 49.3 Å². The summed E-state index contributed by atoms with van der Waals surface area (Å²) in [7, 11) is 0. The molecule has 1 unspecified atom stereocenters. The van der Waals surface area contributed by atoms with E-state index in [1.807, 2.05) is 18.2 Å². The van der Waals surface area contributed by atoms with E-state index in [-0.39, 0.29) is 0 Å². The molecule has 0 fully saturated rings. The van der Waals surface area contributed by atoms with Crippen LogP contribution < -0.4 is 5.32 Å². The molecule has 1 aromatic carbocycles. The predicted molar refractivity (Wildman–Crippen MR) is 64.5 cm³/mol. The number of hydrogen-bond donors (Lipinski definition) is 2. The summed E-state index contributed by atoms with van der Waals surface area (Å²) in [6, 6.07) is 10.2. The molecule has 0 radical (unpaired) electrons. The van der Waals surface area contributed by atoms with E-state index < -0.39 is 5.97 Å². The second-order valence-electron chi connectivity index (χ2n) is 3.71. The minimum absolute atomic E-state index is 0.430. The number of rotatable bonds is 6. The summed E-state index contributed by atoms with van der Waals surface area (Å²) < 4.78 is 0.